The van der Waals surface area contributed by atoms with Crippen molar-refractivity contribution in [3.05, 3.63) is 0 Å². The van der Waals surface area contributed by atoms with Crippen LogP contribution in [0.2, 0.25) is 0 Å². The molecule has 2 aliphatic rings. The van der Waals surface area contributed by atoms with E-state index in [1.807, 2.05) is 0 Å². The van der Waals surface area contributed by atoms with E-state index in [0.717, 1.165) is 19.3 Å². The number of nitrogens with zero attached hydrogens (tertiary/aromatic N) is 1. The lowest BCUT2D eigenvalue weighted by Gasteiger charge is -2.21. The monoisotopic (exact) mass is 226 g/mol. The molecule has 0 aromatic rings. The van der Waals surface area contributed by atoms with E-state index in [1.54, 1.807) is 11.8 Å². The molecule has 2 fully saturated rings. The molecule has 2 atom stereocenters. The Morgan fingerprint density at radius 2 is 2.06 bits per heavy atom. The number of ether oxygens (including phenoxy) is 1. The summed E-state index contributed by atoms with van der Waals surface area (Å²) in [5.41, 5.74) is 5.65. The Balaban J connectivity index is 1.89. The van der Waals surface area contributed by atoms with Gasteiger partial charge in [0.2, 0.25) is 5.91 Å². The minimum absolute atomic E-state index is 0.00375. The molecule has 5 heteroatoms. The number of hydrogen-bond acceptors (Lipinski definition) is 4. The summed E-state index contributed by atoms with van der Waals surface area (Å²) in [6.45, 7) is 2.20. The second-order valence-corrected chi connectivity index (χ2v) is 4.51. The summed E-state index contributed by atoms with van der Waals surface area (Å²) in [6, 6.07) is 0.237. The summed E-state index contributed by atoms with van der Waals surface area (Å²) in [7, 11) is 0. The highest BCUT2D eigenvalue weighted by Crippen LogP contribution is 2.35. The molecule has 0 aromatic heterocycles. The fourth-order valence-electron chi connectivity index (χ4n) is 1.83. The number of carbonyl (C=O) groups excluding carboxylic acids is 2. The zero-order valence-electron chi connectivity index (χ0n) is 9.52. The van der Waals surface area contributed by atoms with Crippen LogP contribution in [0.4, 0.5) is 0 Å². The van der Waals surface area contributed by atoms with Crippen molar-refractivity contribution >= 4 is 11.9 Å². The van der Waals surface area contributed by atoms with Crippen molar-refractivity contribution in [2.24, 2.45) is 11.7 Å². The maximum absolute atomic E-state index is 12.0. The Labute approximate surface area is 94.9 Å². The third kappa shape index (κ3) is 2.52. The molecule has 2 aliphatic carbocycles. The first kappa shape index (κ1) is 11.4. The van der Waals surface area contributed by atoms with Crippen LogP contribution in [0.3, 0.4) is 0 Å². The van der Waals surface area contributed by atoms with E-state index < -0.39 is 0 Å². The Morgan fingerprint density at radius 1 is 1.44 bits per heavy atom. The molecule has 0 aliphatic heterocycles. The van der Waals surface area contributed by atoms with Gasteiger partial charge in [-0.3, -0.25) is 9.59 Å². The van der Waals surface area contributed by atoms with Crippen LogP contribution in [-0.4, -0.2) is 42.0 Å². The molecule has 5 nitrogen and oxygen atoms in total. The third-order valence-electron chi connectivity index (χ3n) is 3.03. The van der Waals surface area contributed by atoms with E-state index in [0.29, 0.717) is 6.61 Å². The summed E-state index contributed by atoms with van der Waals surface area (Å²) >= 11 is 0. The fourth-order valence-corrected chi connectivity index (χ4v) is 1.83. The van der Waals surface area contributed by atoms with Gasteiger partial charge in [-0.15, -0.1) is 0 Å². The Hall–Kier alpha value is -1.10. The first-order valence-electron chi connectivity index (χ1n) is 5.85. The zero-order valence-corrected chi connectivity index (χ0v) is 9.52. The molecule has 0 radical (unpaired) electrons. The number of amides is 1. The largest absolute Gasteiger partial charge is 0.465 e. The lowest BCUT2D eigenvalue weighted by Crippen LogP contribution is -2.40. The molecule has 16 heavy (non-hydrogen) atoms. The van der Waals surface area contributed by atoms with Crippen LogP contribution in [0, 0.1) is 5.92 Å². The van der Waals surface area contributed by atoms with Gasteiger partial charge in [-0.05, 0) is 26.2 Å². The van der Waals surface area contributed by atoms with Crippen LogP contribution < -0.4 is 5.73 Å². The van der Waals surface area contributed by atoms with E-state index in [1.165, 1.54) is 0 Å². The number of hydrogen-bond donors (Lipinski definition) is 1. The summed E-state index contributed by atoms with van der Waals surface area (Å²) in [5.74, 6) is -0.352. The van der Waals surface area contributed by atoms with E-state index >= 15 is 0 Å². The molecular weight excluding hydrogens is 208 g/mol. The van der Waals surface area contributed by atoms with Crippen LogP contribution in [0.5, 0.6) is 0 Å². The molecule has 2 rings (SSSR count). The van der Waals surface area contributed by atoms with Crippen molar-refractivity contribution in [1.82, 2.24) is 4.90 Å². The summed E-state index contributed by atoms with van der Waals surface area (Å²) < 4.78 is 4.86. The molecule has 2 unspecified atom stereocenters. The van der Waals surface area contributed by atoms with Gasteiger partial charge in [-0.25, -0.2) is 0 Å². The number of carbonyl (C=O) groups is 2. The normalized spacial score (nSPS) is 27.4. The lowest BCUT2D eigenvalue weighted by molar-refractivity contribution is -0.149. The second kappa shape index (κ2) is 4.41. The summed E-state index contributed by atoms with van der Waals surface area (Å²) in [6.07, 6.45) is 2.74. The molecule has 1 amide bonds. The standard InChI is InChI=1S/C11H18N2O3/c1-2-16-10(14)6-13(7-3-4-7)11(15)8-5-9(8)12/h7-9H,2-6,12H2,1H3. The van der Waals surface area contributed by atoms with Crippen LogP contribution in [0.1, 0.15) is 26.2 Å². The van der Waals surface area contributed by atoms with Crippen molar-refractivity contribution in [3.8, 4) is 0 Å². The van der Waals surface area contributed by atoms with E-state index in [4.69, 9.17) is 10.5 Å². The minimum Gasteiger partial charge on any atom is -0.465 e. The van der Waals surface area contributed by atoms with Crippen LogP contribution in [0.25, 0.3) is 0 Å². The van der Waals surface area contributed by atoms with Gasteiger partial charge in [0.05, 0.1) is 12.5 Å². The van der Waals surface area contributed by atoms with Crippen LogP contribution in [-0.2, 0) is 14.3 Å². The topological polar surface area (TPSA) is 72.6 Å². The maximum atomic E-state index is 12.0. The van der Waals surface area contributed by atoms with Crippen molar-refractivity contribution in [2.45, 2.75) is 38.3 Å². The number of nitrogens with two attached hydrogens (primary N) is 1. The highest BCUT2D eigenvalue weighted by Gasteiger charge is 2.46. The van der Waals surface area contributed by atoms with Gasteiger partial charge in [-0.2, -0.15) is 0 Å². The van der Waals surface area contributed by atoms with Crippen LogP contribution >= 0.6 is 0 Å². The molecule has 90 valence electrons. The molecule has 0 aromatic carbocycles. The van der Waals surface area contributed by atoms with Crippen molar-refractivity contribution in [2.75, 3.05) is 13.2 Å². The Kier molecular flexibility index (Phi) is 3.14. The van der Waals surface area contributed by atoms with Gasteiger partial charge < -0.3 is 15.4 Å². The third-order valence-corrected chi connectivity index (χ3v) is 3.03. The molecule has 2 saturated carbocycles. The predicted molar refractivity (Wildman–Crippen MR) is 57.5 cm³/mol. The highest BCUT2D eigenvalue weighted by atomic mass is 16.5. The molecular formula is C11H18N2O3. The lowest BCUT2D eigenvalue weighted by atomic mass is 10.3. The van der Waals surface area contributed by atoms with Gasteiger partial charge in [0.15, 0.2) is 0 Å². The van der Waals surface area contributed by atoms with Gasteiger partial charge in [-0.1, -0.05) is 0 Å². The quantitative estimate of drug-likeness (QED) is 0.664. The summed E-state index contributed by atoms with van der Waals surface area (Å²) in [4.78, 5) is 25.0. The van der Waals surface area contributed by atoms with Gasteiger partial charge in [0.25, 0.3) is 0 Å². The van der Waals surface area contributed by atoms with Crippen molar-refractivity contribution in [3.63, 3.8) is 0 Å². The first-order chi connectivity index (χ1) is 7.63. The average molecular weight is 226 g/mol. The number of esters is 1. The van der Waals surface area contributed by atoms with Crippen molar-refractivity contribution < 1.29 is 14.3 Å². The van der Waals surface area contributed by atoms with Crippen LogP contribution in [0.15, 0.2) is 0 Å². The Bertz CT molecular complexity index is 302. The minimum atomic E-state index is -0.322. The molecule has 0 saturated heterocycles. The number of rotatable bonds is 5. The van der Waals surface area contributed by atoms with Crippen molar-refractivity contribution in [1.29, 1.82) is 0 Å². The Morgan fingerprint density at radius 3 is 2.50 bits per heavy atom. The molecule has 0 heterocycles. The van der Waals surface area contributed by atoms with E-state index in [2.05, 4.69) is 0 Å². The first-order valence-corrected chi connectivity index (χ1v) is 5.85. The van der Waals surface area contributed by atoms with E-state index in [9.17, 15) is 9.59 Å². The molecule has 0 bridgehead atoms. The van der Waals surface area contributed by atoms with Gasteiger partial charge in [0, 0.05) is 12.1 Å². The zero-order chi connectivity index (χ0) is 11.7. The SMILES string of the molecule is CCOC(=O)CN(C(=O)C1CC1N)C1CC1. The summed E-state index contributed by atoms with van der Waals surface area (Å²) in [5, 5.41) is 0. The highest BCUT2D eigenvalue weighted by molar-refractivity contribution is 5.86. The van der Waals surface area contributed by atoms with Gasteiger partial charge in [0.1, 0.15) is 6.54 Å². The van der Waals surface area contributed by atoms with Gasteiger partial charge >= 0.3 is 5.97 Å². The fraction of sp³-hybridized carbons (Fsp3) is 0.818. The second-order valence-electron chi connectivity index (χ2n) is 4.51. The predicted octanol–water partition coefficient (Wildman–Crippen LogP) is -0.112. The maximum Gasteiger partial charge on any atom is 0.325 e. The smallest absolute Gasteiger partial charge is 0.325 e. The molecule has 2 N–H and O–H groups in total. The van der Waals surface area contributed by atoms with E-state index in [-0.39, 0.29) is 36.4 Å². The average Bonchev–Trinajstić information content (AvgIpc) is 3.09. The molecule has 0 spiro atoms.